The lowest BCUT2D eigenvalue weighted by atomic mass is 9.93. The molecule has 2 aliphatic heterocycles. The molecule has 1 atom stereocenters. The number of hydrogen-bond donors (Lipinski definition) is 1. The molecule has 0 amide bonds. The van der Waals surface area contributed by atoms with Gasteiger partial charge in [-0.2, -0.15) is 0 Å². The number of anilines is 1. The Labute approximate surface area is 127 Å². The van der Waals surface area contributed by atoms with Crippen LogP contribution in [-0.2, 0) is 0 Å². The molecule has 1 aromatic rings. The maximum Gasteiger partial charge on any atom is 0.146 e. The minimum absolute atomic E-state index is 0.103. The molecular weight excluding hydrogens is 265 g/mol. The van der Waals surface area contributed by atoms with Gasteiger partial charge in [0.15, 0.2) is 0 Å². The number of rotatable bonds is 4. The Morgan fingerprint density at radius 2 is 1.95 bits per heavy atom. The van der Waals surface area contributed by atoms with E-state index in [2.05, 4.69) is 22.0 Å². The molecule has 0 bridgehead atoms. The van der Waals surface area contributed by atoms with Crippen molar-refractivity contribution in [3.8, 4) is 0 Å². The van der Waals surface area contributed by atoms with Gasteiger partial charge >= 0.3 is 0 Å². The van der Waals surface area contributed by atoms with Gasteiger partial charge in [-0.05, 0) is 37.9 Å². The molecule has 0 radical (unpaired) electrons. The Balaban J connectivity index is 1.57. The zero-order valence-corrected chi connectivity index (χ0v) is 12.9. The number of benzene rings is 1. The van der Waals surface area contributed by atoms with E-state index < -0.39 is 0 Å². The average Bonchev–Trinajstić information content (AvgIpc) is 2.98. The molecule has 21 heavy (non-hydrogen) atoms. The fourth-order valence-electron chi connectivity index (χ4n) is 3.70. The van der Waals surface area contributed by atoms with E-state index in [1.165, 1.54) is 19.3 Å². The summed E-state index contributed by atoms with van der Waals surface area (Å²) in [5.74, 6) is -0.103. The SMILES string of the molecule is CCC1(CN2CCN(c3ccccc3F)CC2)CCCN1. The molecule has 2 saturated heterocycles. The third-order valence-corrected chi connectivity index (χ3v) is 5.10. The first kappa shape index (κ1) is 14.8. The maximum absolute atomic E-state index is 13.8. The van der Waals surface area contributed by atoms with Crippen molar-refractivity contribution < 1.29 is 4.39 Å². The van der Waals surface area contributed by atoms with Crippen LogP contribution >= 0.6 is 0 Å². The summed E-state index contributed by atoms with van der Waals surface area (Å²) in [5, 5.41) is 3.70. The summed E-state index contributed by atoms with van der Waals surface area (Å²) in [4.78, 5) is 4.71. The third-order valence-electron chi connectivity index (χ3n) is 5.10. The van der Waals surface area contributed by atoms with Gasteiger partial charge in [-0.1, -0.05) is 19.1 Å². The van der Waals surface area contributed by atoms with Crippen molar-refractivity contribution >= 4 is 5.69 Å². The molecule has 2 heterocycles. The zero-order valence-electron chi connectivity index (χ0n) is 12.9. The fourth-order valence-corrected chi connectivity index (χ4v) is 3.70. The van der Waals surface area contributed by atoms with Gasteiger partial charge in [0.25, 0.3) is 0 Å². The highest BCUT2D eigenvalue weighted by molar-refractivity contribution is 5.48. The van der Waals surface area contributed by atoms with Gasteiger partial charge in [0, 0.05) is 38.3 Å². The first-order chi connectivity index (χ1) is 10.2. The van der Waals surface area contributed by atoms with Gasteiger partial charge in [0.05, 0.1) is 5.69 Å². The second kappa shape index (κ2) is 6.32. The minimum atomic E-state index is -0.103. The summed E-state index contributed by atoms with van der Waals surface area (Å²) in [6.07, 6.45) is 3.78. The summed E-state index contributed by atoms with van der Waals surface area (Å²) in [7, 11) is 0. The molecular formula is C17H26FN3. The van der Waals surface area contributed by atoms with E-state index in [9.17, 15) is 4.39 Å². The van der Waals surface area contributed by atoms with Crippen molar-refractivity contribution in [3.05, 3.63) is 30.1 Å². The molecule has 3 nitrogen and oxygen atoms in total. The lowest BCUT2D eigenvalue weighted by molar-refractivity contribution is 0.179. The third kappa shape index (κ3) is 3.22. The number of nitrogens with zero attached hydrogens (tertiary/aromatic N) is 2. The summed E-state index contributed by atoms with van der Waals surface area (Å²) < 4.78 is 13.8. The Morgan fingerprint density at radius 3 is 2.57 bits per heavy atom. The average molecular weight is 291 g/mol. The van der Waals surface area contributed by atoms with Crippen LogP contribution in [0.25, 0.3) is 0 Å². The standard InChI is InChI=1S/C17H26FN3/c1-2-17(8-5-9-19-17)14-20-10-12-21(13-11-20)16-7-4-3-6-15(16)18/h3-4,6-7,19H,2,5,8-14H2,1H3. The zero-order chi connectivity index (χ0) is 14.7. The lowest BCUT2D eigenvalue weighted by Crippen LogP contribution is -2.55. The van der Waals surface area contributed by atoms with Crippen LogP contribution in [0.5, 0.6) is 0 Å². The van der Waals surface area contributed by atoms with E-state index >= 15 is 0 Å². The monoisotopic (exact) mass is 291 g/mol. The smallest absolute Gasteiger partial charge is 0.146 e. The first-order valence-electron chi connectivity index (χ1n) is 8.19. The number of nitrogens with one attached hydrogen (secondary N) is 1. The van der Waals surface area contributed by atoms with Crippen molar-refractivity contribution in [1.82, 2.24) is 10.2 Å². The molecule has 0 saturated carbocycles. The normalized spacial score (nSPS) is 27.2. The van der Waals surface area contributed by atoms with Crippen LogP contribution in [0.4, 0.5) is 10.1 Å². The van der Waals surface area contributed by atoms with E-state index in [0.29, 0.717) is 5.54 Å². The molecule has 3 rings (SSSR count). The van der Waals surface area contributed by atoms with Crippen LogP contribution < -0.4 is 10.2 Å². The van der Waals surface area contributed by atoms with Gasteiger partial charge in [0.2, 0.25) is 0 Å². The van der Waals surface area contributed by atoms with E-state index in [4.69, 9.17) is 0 Å². The topological polar surface area (TPSA) is 18.5 Å². The molecule has 0 aliphatic carbocycles. The Kier molecular flexibility index (Phi) is 4.45. The van der Waals surface area contributed by atoms with Crippen LogP contribution in [0.15, 0.2) is 24.3 Å². The molecule has 116 valence electrons. The van der Waals surface area contributed by atoms with Crippen LogP contribution in [0.1, 0.15) is 26.2 Å². The van der Waals surface area contributed by atoms with E-state index in [1.807, 2.05) is 12.1 Å². The first-order valence-corrected chi connectivity index (χ1v) is 8.19. The van der Waals surface area contributed by atoms with Gasteiger partial charge < -0.3 is 10.2 Å². The van der Waals surface area contributed by atoms with Crippen molar-refractivity contribution in [1.29, 1.82) is 0 Å². The molecule has 0 spiro atoms. The van der Waals surface area contributed by atoms with E-state index in [-0.39, 0.29) is 5.82 Å². The number of hydrogen-bond acceptors (Lipinski definition) is 3. The summed E-state index contributed by atoms with van der Waals surface area (Å²) in [6, 6.07) is 7.11. The molecule has 1 N–H and O–H groups in total. The van der Waals surface area contributed by atoms with Gasteiger partial charge in [-0.15, -0.1) is 0 Å². The van der Waals surface area contributed by atoms with Gasteiger partial charge in [-0.3, -0.25) is 4.90 Å². The van der Waals surface area contributed by atoms with Crippen molar-refractivity contribution in [3.63, 3.8) is 0 Å². The summed E-state index contributed by atoms with van der Waals surface area (Å²) in [6.45, 7) is 8.46. The number of piperazine rings is 1. The number of halogens is 1. The molecule has 1 aromatic carbocycles. The largest absolute Gasteiger partial charge is 0.367 e. The highest BCUT2D eigenvalue weighted by Gasteiger charge is 2.34. The van der Waals surface area contributed by atoms with Gasteiger partial charge in [0.1, 0.15) is 5.82 Å². The Hall–Kier alpha value is -1.13. The molecule has 0 aromatic heterocycles. The van der Waals surface area contributed by atoms with Crippen molar-refractivity contribution in [2.24, 2.45) is 0 Å². The second-order valence-electron chi connectivity index (χ2n) is 6.38. The highest BCUT2D eigenvalue weighted by atomic mass is 19.1. The van der Waals surface area contributed by atoms with Crippen molar-refractivity contribution in [2.45, 2.75) is 31.7 Å². The Morgan fingerprint density at radius 1 is 1.19 bits per heavy atom. The number of para-hydroxylation sites is 1. The van der Waals surface area contributed by atoms with Crippen LogP contribution in [-0.4, -0.2) is 49.7 Å². The predicted molar refractivity (Wildman–Crippen MR) is 85.3 cm³/mol. The molecule has 2 aliphatic rings. The van der Waals surface area contributed by atoms with Crippen LogP contribution in [0.3, 0.4) is 0 Å². The fraction of sp³-hybridized carbons (Fsp3) is 0.647. The second-order valence-corrected chi connectivity index (χ2v) is 6.38. The van der Waals surface area contributed by atoms with Crippen LogP contribution in [0.2, 0.25) is 0 Å². The van der Waals surface area contributed by atoms with Crippen molar-refractivity contribution in [2.75, 3.05) is 44.2 Å². The predicted octanol–water partition coefficient (Wildman–Crippen LogP) is 2.48. The Bertz CT molecular complexity index is 463. The molecule has 4 heteroatoms. The van der Waals surface area contributed by atoms with Gasteiger partial charge in [-0.25, -0.2) is 4.39 Å². The minimum Gasteiger partial charge on any atom is -0.367 e. The maximum atomic E-state index is 13.8. The quantitative estimate of drug-likeness (QED) is 0.919. The molecule has 2 fully saturated rings. The summed E-state index contributed by atoms with van der Waals surface area (Å²) >= 11 is 0. The van der Waals surface area contributed by atoms with E-state index in [1.54, 1.807) is 12.1 Å². The summed E-state index contributed by atoms with van der Waals surface area (Å²) in [5.41, 5.74) is 1.07. The lowest BCUT2D eigenvalue weighted by Gasteiger charge is -2.41. The van der Waals surface area contributed by atoms with E-state index in [0.717, 1.165) is 45.0 Å². The van der Waals surface area contributed by atoms with Crippen LogP contribution in [0, 0.1) is 5.82 Å². The highest BCUT2D eigenvalue weighted by Crippen LogP contribution is 2.26. The molecule has 1 unspecified atom stereocenters.